The molecule has 0 radical (unpaired) electrons. The Hall–Kier alpha value is -0.950. The third-order valence-corrected chi connectivity index (χ3v) is 7.24. The number of halogens is 1. The number of hydrogen-bond acceptors (Lipinski definition) is 5. The molecule has 3 rings (SSSR count). The Labute approximate surface area is 191 Å². The first-order valence-electron chi connectivity index (χ1n) is 9.83. The van der Waals surface area contributed by atoms with Crippen LogP contribution >= 0.6 is 24.0 Å². The predicted octanol–water partition coefficient (Wildman–Crippen LogP) is 1.08. The van der Waals surface area contributed by atoms with Crippen molar-refractivity contribution in [2.75, 3.05) is 53.4 Å². The Bertz CT molecular complexity index is 776. The number of likely N-dealkylation sites (N-methyl/N-ethyl adjacent to an activating group) is 1. The second kappa shape index (κ2) is 11.4. The molecule has 0 aliphatic carbocycles. The van der Waals surface area contributed by atoms with Gasteiger partial charge >= 0.3 is 0 Å². The lowest BCUT2D eigenvalue weighted by Gasteiger charge is -2.32. The third-order valence-electron chi connectivity index (χ3n) is 5.24. The highest BCUT2D eigenvalue weighted by Gasteiger charge is 2.29. The maximum absolute atomic E-state index is 13.1. The molecule has 2 fully saturated rings. The molecular formula is C19H32IN5O3S. The van der Waals surface area contributed by atoms with Crippen molar-refractivity contribution in [3.8, 4) is 0 Å². The fraction of sp³-hybridized carbons (Fsp3) is 0.632. The number of guanidine groups is 1. The van der Waals surface area contributed by atoms with Gasteiger partial charge in [0.05, 0.1) is 11.0 Å². The Kier molecular flexibility index (Phi) is 9.60. The van der Waals surface area contributed by atoms with Gasteiger partial charge in [-0.1, -0.05) is 18.2 Å². The van der Waals surface area contributed by atoms with Crippen LogP contribution in [0.3, 0.4) is 0 Å². The Balaban J connectivity index is 0.00000300. The summed E-state index contributed by atoms with van der Waals surface area (Å²) in [7, 11) is 0.207. The molecule has 2 saturated heterocycles. The zero-order valence-electron chi connectivity index (χ0n) is 17.1. The van der Waals surface area contributed by atoms with Gasteiger partial charge in [-0.2, -0.15) is 4.31 Å². The van der Waals surface area contributed by atoms with Crippen LogP contribution in [0.2, 0.25) is 0 Å². The molecule has 8 nitrogen and oxygen atoms in total. The summed E-state index contributed by atoms with van der Waals surface area (Å²) >= 11 is 0. The average molecular weight is 537 g/mol. The van der Waals surface area contributed by atoms with Gasteiger partial charge in [0.2, 0.25) is 10.0 Å². The number of benzene rings is 1. The minimum Gasteiger partial charge on any atom is -0.376 e. The van der Waals surface area contributed by atoms with Gasteiger partial charge in [-0.25, -0.2) is 8.42 Å². The summed E-state index contributed by atoms with van der Waals surface area (Å²) in [6.07, 6.45) is 2.36. The van der Waals surface area contributed by atoms with Crippen LogP contribution in [0.5, 0.6) is 0 Å². The van der Waals surface area contributed by atoms with E-state index in [0.29, 0.717) is 37.0 Å². The SMILES string of the molecule is CN=C(NCc1ccccc1S(=O)(=O)N1CCN(C)CC1)NCC1CCCO1.I. The van der Waals surface area contributed by atoms with Crippen molar-refractivity contribution in [1.29, 1.82) is 0 Å². The normalized spacial score (nSPS) is 21.6. The number of ether oxygens (including phenoxy) is 1. The van der Waals surface area contributed by atoms with Gasteiger partial charge in [0.15, 0.2) is 5.96 Å². The Morgan fingerprint density at radius 1 is 1.21 bits per heavy atom. The van der Waals surface area contributed by atoms with E-state index >= 15 is 0 Å². The van der Waals surface area contributed by atoms with Crippen LogP contribution in [0, 0.1) is 0 Å². The molecule has 2 aliphatic heterocycles. The number of piperazine rings is 1. The molecule has 1 aromatic carbocycles. The zero-order valence-corrected chi connectivity index (χ0v) is 20.3. The maximum atomic E-state index is 13.1. The van der Waals surface area contributed by atoms with Crippen molar-refractivity contribution in [1.82, 2.24) is 19.8 Å². The number of aliphatic imine (C=N–C) groups is 1. The zero-order chi connectivity index (χ0) is 20.0. The average Bonchev–Trinajstić information content (AvgIpc) is 3.22. The lowest BCUT2D eigenvalue weighted by molar-refractivity contribution is 0.114. The van der Waals surface area contributed by atoms with Crippen LogP contribution in [0.15, 0.2) is 34.2 Å². The molecule has 2 aliphatic rings. The van der Waals surface area contributed by atoms with Gasteiger partial charge in [0.25, 0.3) is 0 Å². The number of nitrogens with zero attached hydrogens (tertiary/aromatic N) is 3. The van der Waals surface area contributed by atoms with Crippen LogP contribution in [0.4, 0.5) is 0 Å². The van der Waals surface area contributed by atoms with Gasteiger partial charge in [-0.3, -0.25) is 4.99 Å². The van der Waals surface area contributed by atoms with E-state index in [9.17, 15) is 8.42 Å². The van der Waals surface area contributed by atoms with Crippen molar-refractivity contribution in [3.63, 3.8) is 0 Å². The number of hydrogen-bond donors (Lipinski definition) is 2. The number of nitrogens with one attached hydrogen (secondary N) is 2. The highest BCUT2D eigenvalue weighted by atomic mass is 127. The van der Waals surface area contributed by atoms with Crippen LogP contribution < -0.4 is 10.6 Å². The van der Waals surface area contributed by atoms with Crippen molar-refractivity contribution in [3.05, 3.63) is 29.8 Å². The molecule has 1 atom stereocenters. The quantitative estimate of drug-likeness (QED) is 0.321. The van der Waals surface area contributed by atoms with Gasteiger partial charge in [-0.05, 0) is 31.5 Å². The van der Waals surface area contributed by atoms with E-state index in [0.717, 1.165) is 38.1 Å². The smallest absolute Gasteiger partial charge is 0.243 e. The van der Waals surface area contributed by atoms with E-state index in [1.807, 2.05) is 19.2 Å². The number of sulfonamides is 1. The van der Waals surface area contributed by atoms with E-state index in [-0.39, 0.29) is 30.1 Å². The molecule has 29 heavy (non-hydrogen) atoms. The molecule has 164 valence electrons. The van der Waals surface area contributed by atoms with Gasteiger partial charge < -0.3 is 20.3 Å². The minimum atomic E-state index is -3.51. The van der Waals surface area contributed by atoms with E-state index in [2.05, 4.69) is 20.5 Å². The molecule has 2 heterocycles. The molecule has 0 aromatic heterocycles. The van der Waals surface area contributed by atoms with Crippen LogP contribution in [0.1, 0.15) is 18.4 Å². The second-order valence-corrected chi connectivity index (χ2v) is 9.16. The molecule has 0 amide bonds. The van der Waals surface area contributed by atoms with Crippen molar-refractivity contribution in [2.45, 2.75) is 30.4 Å². The summed E-state index contributed by atoms with van der Waals surface area (Å²) in [4.78, 5) is 6.73. The lowest BCUT2D eigenvalue weighted by atomic mass is 10.2. The Morgan fingerprint density at radius 2 is 1.93 bits per heavy atom. The van der Waals surface area contributed by atoms with Crippen LogP contribution in [0.25, 0.3) is 0 Å². The molecule has 0 bridgehead atoms. The van der Waals surface area contributed by atoms with E-state index in [1.165, 1.54) is 0 Å². The lowest BCUT2D eigenvalue weighted by Crippen LogP contribution is -2.47. The third kappa shape index (κ3) is 6.51. The minimum absolute atomic E-state index is 0. The molecule has 2 N–H and O–H groups in total. The van der Waals surface area contributed by atoms with Gasteiger partial charge in [0.1, 0.15) is 0 Å². The topological polar surface area (TPSA) is 86.3 Å². The molecule has 10 heteroatoms. The van der Waals surface area contributed by atoms with Gasteiger partial charge in [0, 0.05) is 52.9 Å². The summed E-state index contributed by atoms with van der Waals surface area (Å²) in [6.45, 7) is 4.43. The van der Waals surface area contributed by atoms with E-state index in [4.69, 9.17) is 4.74 Å². The molecule has 1 unspecified atom stereocenters. The summed E-state index contributed by atoms with van der Waals surface area (Å²) in [5.74, 6) is 0.641. The summed E-state index contributed by atoms with van der Waals surface area (Å²) < 4.78 is 33.5. The van der Waals surface area contributed by atoms with Gasteiger partial charge in [-0.15, -0.1) is 24.0 Å². The maximum Gasteiger partial charge on any atom is 0.243 e. The fourth-order valence-electron chi connectivity index (χ4n) is 3.48. The summed E-state index contributed by atoms with van der Waals surface area (Å²) in [5, 5.41) is 6.48. The van der Waals surface area contributed by atoms with Crippen LogP contribution in [-0.2, 0) is 21.3 Å². The van der Waals surface area contributed by atoms with Crippen molar-refractivity contribution >= 4 is 40.0 Å². The molecule has 0 saturated carbocycles. The van der Waals surface area contributed by atoms with Crippen LogP contribution in [-0.4, -0.2) is 83.1 Å². The monoisotopic (exact) mass is 537 g/mol. The fourth-order valence-corrected chi connectivity index (χ4v) is 5.13. The van der Waals surface area contributed by atoms with E-state index in [1.54, 1.807) is 23.5 Å². The highest BCUT2D eigenvalue weighted by Crippen LogP contribution is 2.21. The first kappa shape index (κ1) is 24.3. The first-order chi connectivity index (χ1) is 13.5. The standard InChI is InChI=1S/C19H31N5O3S.HI/c1-20-19(22-15-17-7-5-13-27-17)21-14-16-6-3-4-8-18(16)28(25,26)24-11-9-23(2)10-12-24;/h3-4,6,8,17H,5,7,9-15H2,1-2H3,(H2,20,21,22);1H. The first-order valence-corrected chi connectivity index (χ1v) is 11.3. The molecule has 0 spiro atoms. The molecular weight excluding hydrogens is 505 g/mol. The second-order valence-electron chi connectivity index (χ2n) is 7.26. The van der Waals surface area contributed by atoms with Crippen molar-refractivity contribution in [2.24, 2.45) is 4.99 Å². The van der Waals surface area contributed by atoms with Crippen molar-refractivity contribution < 1.29 is 13.2 Å². The highest BCUT2D eigenvalue weighted by molar-refractivity contribution is 14.0. The van der Waals surface area contributed by atoms with E-state index < -0.39 is 10.0 Å². The Morgan fingerprint density at radius 3 is 2.59 bits per heavy atom. The summed E-state index contributed by atoms with van der Waals surface area (Å²) in [6, 6.07) is 7.18. The summed E-state index contributed by atoms with van der Waals surface area (Å²) in [5.41, 5.74) is 0.737. The predicted molar refractivity (Wildman–Crippen MR) is 125 cm³/mol. The molecule has 1 aromatic rings. The largest absolute Gasteiger partial charge is 0.376 e. The number of rotatable bonds is 6.